The van der Waals surface area contributed by atoms with Gasteiger partial charge in [-0.2, -0.15) is 4.57 Å². The van der Waals surface area contributed by atoms with E-state index >= 15 is 0 Å². The van der Waals surface area contributed by atoms with E-state index in [4.69, 9.17) is 0 Å². The normalized spacial score (nSPS) is 10.7. The van der Waals surface area contributed by atoms with E-state index in [0.717, 1.165) is 33.6 Å². The first kappa shape index (κ1) is 27.3. The zero-order valence-corrected chi connectivity index (χ0v) is 23.6. The van der Waals surface area contributed by atoms with Crippen LogP contribution in [0.5, 0.6) is 5.75 Å². The van der Waals surface area contributed by atoms with Crippen molar-refractivity contribution in [2.45, 2.75) is 0 Å². The van der Waals surface area contributed by atoms with Gasteiger partial charge in [0.2, 0.25) is 17.1 Å². The van der Waals surface area contributed by atoms with Gasteiger partial charge in [0.25, 0.3) is 11.8 Å². The number of carbonyl (C=O) groups excluding carboxylic acids is 2. The van der Waals surface area contributed by atoms with Crippen LogP contribution in [-0.4, -0.2) is 54.9 Å². The Morgan fingerprint density at radius 2 is 0.902 bits per heavy atom. The Morgan fingerprint density at radius 3 is 1.27 bits per heavy atom. The van der Waals surface area contributed by atoms with Crippen molar-refractivity contribution in [1.82, 2.24) is 9.80 Å². The molecule has 0 bridgehead atoms. The molecule has 41 heavy (non-hydrogen) atoms. The Balaban J connectivity index is 1.93. The van der Waals surface area contributed by atoms with Gasteiger partial charge in [0.1, 0.15) is 5.75 Å². The maximum atomic E-state index is 13.3. The van der Waals surface area contributed by atoms with Crippen LogP contribution in [0.4, 0.5) is 0 Å². The standard InChI is InChI=1S/C35H31N3O3/c1-36(2)34(40)29-22-28(23-30(33(29)39)35(41)37(3)4)38-31(25-16-10-6-11-17-25)20-27(24-14-8-5-9-15-24)21-32(38)26-18-12-7-13-19-26/h5-23H,1-4H3/p+1. The Morgan fingerprint density at radius 1 is 0.537 bits per heavy atom. The molecule has 2 amide bonds. The van der Waals surface area contributed by atoms with Crippen molar-refractivity contribution in [2.24, 2.45) is 0 Å². The van der Waals surface area contributed by atoms with Crippen molar-refractivity contribution in [3.63, 3.8) is 0 Å². The van der Waals surface area contributed by atoms with Crippen LogP contribution >= 0.6 is 0 Å². The van der Waals surface area contributed by atoms with Crippen LogP contribution in [0.15, 0.2) is 115 Å². The summed E-state index contributed by atoms with van der Waals surface area (Å²) in [4.78, 5) is 29.3. The SMILES string of the molecule is CN(C)C(=O)c1cc(-[n+]2c(-c3ccccc3)cc(-c3ccccc3)cc2-c2ccccc2)cc(C(=O)N(C)C)c1O. The molecule has 204 valence electrons. The number of phenols is 1. The average molecular weight is 543 g/mol. The third-order valence-electron chi connectivity index (χ3n) is 6.94. The van der Waals surface area contributed by atoms with E-state index < -0.39 is 11.8 Å². The zero-order valence-electron chi connectivity index (χ0n) is 23.6. The summed E-state index contributed by atoms with van der Waals surface area (Å²) in [5, 5.41) is 11.2. The lowest BCUT2D eigenvalue weighted by molar-refractivity contribution is -0.572. The maximum absolute atomic E-state index is 13.3. The van der Waals surface area contributed by atoms with Gasteiger partial charge in [-0.1, -0.05) is 66.7 Å². The predicted molar refractivity (Wildman–Crippen MR) is 162 cm³/mol. The first-order valence-corrected chi connectivity index (χ1v) is 13.3. The van der Waals surface area contributed by atoms with Crippen LogP contribution in [0.1, 0.15) is 20.7 Å². The molecule has 1 heterocycles. The number of aromatic hydroxyl groups is 1. The summed E-state index contributed by atoms with van der Waals surface area (Å²) < 4.78 is 2.05. The first-order chi connectivity index (χ1) is 19.8. The molecule has 0 fully saturated rings. The highest BCUT2D eigenvalue weighted by Crippen LogP contribution is 2.33. The Labute approximate surface area is 240 Å². The molecule has 0 saturated carbocycles. The Kier molecular flexibility index (Phi) is 7.66. The number of pyridine rings is 1. The Bertz CT molecular complexity index is 1610. The van der Waals surface area contributed by atoms with E-state index in [0.29, 0.717) is 5.69 Å². The topological polar surface area (TPSA) is 64.7 Å². The van der Waals surface area contributed by atoms with Gasteiger partial charge in [-0.3, -0.25) is 9.59 Å². The van der Waals surface area contributed by atoms with Gasteiger partial charge in [-0.05, 0) is 35.4 Å². The van der Waals surface area contributed by atoms with Gasteiger partial charge in [-0.25, -0.2) is 0 Å². The van der Waals surface area contributed by atoms with Crippen molar-refractivity contribution in [3.05, 3.63) is 126 Å². The molecule has 4 aromatic carbocycles. The highest BCUT2D eigenvalue weighted by Gasteiger charge is 2.30. The number of aromatic nitrogens is 1. The lowest BCUT2D eigenvalue weighted by Gasteiger charge is -2.18. The minimum absolute atomic E-state index is 0.0513. The van der Waals surface area contributed by atoms with Crippen molar-refractivity contribution < 1.29 is 19.3 Å². The van der Waals surface area contributed by atoms with Crippen LogP contribution in [0.2, 0.25) is 0 Å². The van der Waals surface area contributed by atoms with E-state index in [9.17, 15) is 14.7 Å². The second-order valence-corrected chi connectivity index (χ2v) is 10.2. The highest BCUT2D eigenvalue weighted by atomic mass is 16.3. The summed E-state index contributed by atoms with van der Waals surface area (Å²) >= 11 is 0. The number of rotatable bonds is 6. The minimum atomic E-state index is -0.402. The number of nitrogens with zero attached hydrogens (tertiary/aromatic N) is 3. The molecule has 6 heteroatoms. The van der Waals surface area contributed by atoms with Crippen molar-refractivity contribution in [1.29, 1.82) is 0 Å². The van der Waals surface area contributed by atoms with Gasteiger partial charge in [0, 0.05) is 63.6 Å². The number of hydrogen-bond donors (Lipinski definition) is 1. The summed E-state index contributed by atoms with van der Waals surface area (Å²) in [6.07, 6.45) is 0. The molecule has 6 nitrogen and oxygen atoms in total. The fourth-order valence-corrected chi connectivity index (χ4v) is 4.87. The molecule has 0 aliphatic heterocycles. The lowest BCUT2D eigenvalue weighted by Crippen LogP contribution is -2.37. The van der Waals surface area contributed by atoms with Crippen LogP contribution in [0.25, 0.3) is 39.3 Å². The Hall–Kier alpha value is -5.23. The molecule has 0 spiro atoms. The van der Waals surface area contributed by atoms with E-state index in [1.807, 2.05) is 78.9 Å². The molecule has 5 aromatic rings. The van der Waals surface area contributed by atoms with Crippen molar-refractivity contribution >= 4 is 11.8 Å². The number of phenolic OH excluding ortho intramolecular Hbond substituents is 1. The molecular formula is C35H32N3O3+. The maximum Gasteiger partial charge on any atom is 0.257 e. The van der Waals surface area contributed by atoms with E-state index in [1.54, 1.807) is 40.3 Å². The second kappa shape index (κ2) is 11.5. The third kappa shape index (κ3) is 5.45. The summed E-state index contributed by atoms with van der Waals surface area (Å²) in [5.41, 5.74) is 6.40. The first-order valence-electron chi connectivity index (χ1n) is 13.3. The van der Waals surface area contributed by atoms with E-state index in [1.165, 1.54) is 9.80 Å². The van der Waals surface area contributed by atoms with Gasteiger partial charge in [0.05, 0.1) is 11.1 Å². The summed E-state index contributed by atoms with van der Waals surface area (Å²) in [6, 6.07) is 37.7. The number of amides is 2. The molecular weight excluding hydrogens is 510 g/mol. The molecule has 5 rings (SSSR count). The van der Waals surface area contributed by atoms with Crippen LogP contribution in [0, 0.1) is 0 Å². The average Bonchev–Trinajstić information content (AvgIpc) is 3.01. The fraction of sp³-hybridized carbons (Fsp3) is 0.114. The predicted octanol–water partition coefficient (Wildman–Crippen LogP) is 6.07. The van der Waals surface area contributed by atoms with Gasteiger partial charge in [0.15, 0.2) is 0 Å². The molecule has 0 aliphatic rings. The van der Waals surface area contributed by atoms with Crippen molar-refractivity contribution in [2.75, 3.05) is 28.2 Å². The molecule has 1 aromatic heterocycles. The number of hydrogen-bond acceptors (Lipinski definition) is 3. The fourth-order valence-electron chi connectivity index (χ4n) is 4.87. The molecule has 0 unspecified atom stereocenters. The third-order valence-corrected chi connectivity index (χ3v) is 6.94. The molecule has 1 N–H and O–H groups in total. The van der Waals surface area contributed by atoms with Gasteiger partial charge < -0.3 is 14.9 Å². The smallest absolute Gasteiger partial charge is 0.257 e. The summed E-state index contributed by atoms with van der Waals surface area (Å²) in [5.74, 6) is -1.14. The van der Waals surface area contributed by atoms with Gasteiger partial charge >= 0.3 is 0 Å². The molecule has 0 saturated heterocycles. The highest BCUT2D eigenvalue weighted by molar-refractivity contribution is 6.04. The lowest BCUT2D eigenvalue weighted by atomic mass is 9.97. The van der Waals surface area contributed by atoms with Gasteiger partial charge in [-0.15, -0.1) is 0 Å². The minimum Gasteiger partial charge on any atom is -0.506 e. The molecule has 0 aliphatic carbocycles. The molecule has 0 radical (unpaired) electrons. The number of carbonyl (C=O) groups is 2. The van der Waals surface area contributed by atoms with Crippen LogP contribution < -0.4 is 4.57 Å². The monoisotopic (exact) mass is 542 g/mol. The van der Waals surface area contributed by atoms with E-state index in [2.05, 4.69) is 28.8 Å². The summed E-state index contributed by atoms with van der Waals surface area (Å²) in [7, 11) is 6.48. The van der Waals surface area contributed by atoms with Crippen LogP contribution in [0.3, 0.4) is 0 Å². The number of benzene rings is 4. The summed E-state index contributed by atoms with van der Waals surface area (Å²) in [6.45, 7) is 0. The second-order valence-electron chi connectivity index (χ2n) is 10.2. The quantitative estimate of drug-likeness (QED) is 0.265. The largest absolute Gasteiger partial charge is 0.506 e. The molecule has 0 atom stereocenters. The van der Waals surface area contributed by atoms with E-state index in [-0.39, 0.29) is 16.9 Å². The van der Waals surface area contributed by atoms with Crippen molar-refractivity contribution in [3.8, 4) is 45.1 Å². The van der Waals surface area contributed by atoms with Crippen LogP contribution in [-0.2, 0) is 0 Å². The zero-order chi connectivity index (χ0) is 29.1.